The fourth-order valence-corrected chi connectivity index (χ4v) is 6.21. The molecule has 0 aliphatic heterocycles. The molecule has 6 aromatic rings. The van der Waals surface area contributed by atoms with Crippen LogP contribution in [0.2, 0.25) is 0 Å². The molecule has 0 amide bonds. The monoisotopic (exact) mass is 594 g/mol. The number of hydrogen-bond acceptors (Lipinski definition) is 4. The molecule has 1 aliphatic rings. The summed E-state index contributed by atoms with van der Waals surface area (Å²) < 4.78 is 59.2. The molecule has 214 valence electrons. The Kier molecular flexibility index (Phi) is 6.49. The molecule has 0 unspecified atom stereocenters. The van der Waals surface area contributed by atoms with Crippen LogP contribution in [-0.4, -0.2) is 9.97 Å². The number of nitrogens with zero attached hydrogens (tertiary/aromatic N) is 4. The Morgan fingerprint density at radius 1 is 0.467 bits per heavy atom. The van der Waals surface area contributed by atoms with E-state index in [1.165, 1.54) is 12.1 Å². The van der Waals surface area contributed by atoms with E-state index in [0.29, 0.717) is 11.4 Å². The number of hydrogen-bond donors (Lipinski definition) is 0. The summed E-state index contributed by atoms with van der Waals surface area (Å²) >= 11 is 0. The highest BCUT2D eigenvalue weighted by Crippen LogP contribution is 2.55. The average Bonchev–Trinajstić information content (AvgIpc) is 3.37. The summed E-state index contributed by atoms with van der Waals surface area (Å²) in [4.78, 5) is 9.84. The van der Waals surface area contributed by atoms with Gasteiger partial charge in [-0.25, -0.2) is 17.6 Å². The van der Waals surface area contributed by atoms with Gasteiger partial charge in [-0.2, -0.15) is 10.5 Å². The number of benzene rings is 4. The first-order valence-corrected chi connectivity index (χ1v) is 13.8. The van der Waals surface area contributed by atoms with Crippen LogP contribution in [0.1, 0.15) is 33.6 Å². The Labute approximate surface area is 255 Å². The van der Waals surface area contributed by atoms with E-state index in [-0.39, 0.29) is 22.5 Å². The number of pyridine rings is 2. The van der Waals surface area contributed by atoms with Crippen molar-refractivity contribution in [2.24, 2.45) is 0 Å². The largest absolute Gasteiger partial charge is 0.251 e. The lowest BCUT2D eigenvalue weighted by atomic mass is 9.72. The first kappa shape index (κ1) is 27.7. The van der Waals surface area contributed by atoms with Crippen LogP contribution in [0.3, 0.4) is 0 Å². The maximum atomic E-state index is 15.4. The predicted octanol–water partition coefficient (Wildman–Crippen LogP) is 8.47. The SMILES string of the molecule is N#Cc1c(F)ccc(-c2cccc(C3(c4cccc(-c5ccc(F)c(C#N)c5F)n4)c4ccccc4-c4ccccc43)n2)c1F. The van der Waals surface area contributed by atoms with E-state index in [4.69, 9.17) is 9.97 Å². The van der Waals surface area contributed by atoms with Gasteiger partial charge < -0.3 is 0 Å². The molecule has 4 aromatic carbocycles. The van der Waals surface area contributed by atoms with Gasteiger partial charge in [-0.15, -0.1) is 0 Å². The normalized spacial score (nSPS) is 12.6. The fourth-order valence-electron chi connectivity index (χ4n) is 6.21. The van der Waals surface area contributed by atoms with Crippen molar-refractivity contribution in [2.45, 2.75) is 5.41 Å². The Balaban J connectivity index is 1.54. The fraction of sp³-hybridized carbons (Fsp3) is 0.0270. The molecule has 2 aromatic heterocycles. The molecule has 0 fully saturated rings. The highest BCUT2D eigenvalue weighted by molar-refractivity contribution is 5.85. The zero-order chi connectivity index (χ0) is 31.3. The molecule has 7 rings (SSSR count). The van der Waals surface area contributed by atoms with Gasteiger partial charge in [0.1, 0.15) is 40.3 Å². The van der Waals surface area contributed by atoms with E-state index in [1.54, 1.807) is 48.5 Å². The Morgan fingerprint density at radius 2 is 0.889 bits per heavy atom. The van der Waals surface area contributed by atoms with Crippen molar-refractivity contribution in [3.8, 4) is 45.8 Å². The van der Waals surface area contributed by atoms with Crippen molar-refractivity contribution in [2.75, 3.05) is 0 Å². The molecule has 8 heteroatoms. The zero-order valence-electron chi connectivity index (χ0n) is 23.2. The molecule has 2 heterocycles. The van der Waals surface area contributed by atoms with Gasteiger partial charge in [-0.3, -0.25) is 9.97 Å². The minimum atomic E-state index is -1.19. The summed E-state index contributed by atoms with van der Waals surface area (Å²) in [5, 5.41) is 18.7. The third-order valence-electron chi connectivity index (χ3n) is 8.18. The lowest BCUT2D eigenvalue weighted by Gasteiger charge is -2.32. The van der Waals surface area contributed by atoms with Crippen molar-refractivity contribution in [1.82, 2.24) is 9.97 Å². The summed E-state index contributed by atoms with van der Waals surface area (Å²) in [5.74, 6) is -4.00. The third-order valence-corrected chi connectivity index (χ3v) is 8.18. The van der Waals surface area contributed by atoms with Gasteiger partial charge in [0.2, 0.25) is 0 Å². The van der Waals surface area contributed by atoms with Crippen LogP contribution in [0.15, 0.2) is 109 Å². The Morgan fingerprint density at radius 3 is 1.31 bits per heavy atom. The molecule has 0 spiro atoms. The van der Waals surface area contributed by atoms with E-state index in [1.807, 2.05) is 48.5 Å². The van der Waals surface area contributed by atoms with Crippen LogP contribution in [0, 0.1) is 45.9 Å². The van der Waals surface area contributed by atoms with Gasteiger partial charge in [0, 0.05) is 11.1 Å². The molecule has 0 saturated carbocycles. The van der Waals surface area contributed by atoms with Crippen LogP contribution >= 0.6 is 0 Å². The van der Waals surface area contributed by atoms with Crippen molar-refractivity contribution in [3.05, 3.63) is 166 Å². The van der Waals surface area contributed by atoms with Crippen LogP contribution in [0.4, 0.5) is 17.6 Å². The van der Waals surface area contributed by atoms with Crippen molar-refractivity contribution in [3.63, 3.8) is 0 Å². The van der Waals surface area contributed by atoms with Crippen LogP contribution < -0.4 is 0 Å². The van der Waals surface area contributed by atoms with Crippen molar-refractivity contribution >= 4 is 0 Å². The molecular formula is C37H18F4N4. The summed E-state index contributed by atoms with van der Waals surface area (Å²) in [5.41, 5.74) is 1.96. The maximum Gasteiger partial charge on any atom is 0.153 e. The van der Waals surface area contributed by atoms with E-state index in [9.17, 15) is 19.3 Å². The molecular weight excluding hydrogens is 576 g/mol. The second-order valence-corrected chi connectivity index (χ2v) is 10.4. The second kappa shape index (κ2) is 10.6. The van der Waals surface area contributed by atoms with Crippen LogP contribution in [0.25, 0.3) is 33.6 Å². The van der Waals surface area contributed by atoms with Gasteiger partial charge in [0.15, 0.2) is 11.6 Å². The lowest BCUT2D eigenvalue weighted by Crippen LogP contribution is -2.31. The third kappa shape index (κ3) is 4.04. The summed E-state index contributed by atoms with van der Waals surface area (Å²) in [6, 6.07) is 33.2. The van der Waals surface area contributed by atoms with E-state index < -0.39 is 39.8 Å². The molecule has 0 atom stereocenters. The first-order chi connectivity index (χ1) is 21.9. The molecule has 0 bridgehead atoms. The highest BCUT2D eigenvalue weighted by Gasteiger charge is 2.48. The molecule has 0 saturated heterocycles. The number of aromatic nitrogens is 2. The topological polar surface area (TPSA) is 73.4 Å². The standard InChI is InChI=1S/C37H18F4N4/c38-29-17-15-23(35(40)25(29)19-42)31-11-5-13-33(44-31)37(27-9-3-1-7-21(27)22-8-2-4-10-28(22)37)34-14-6-12-32(45-34)24-16-18-30(39)26(20-43)36(24)41/h1-18H. The summed E-state index contributed by atoms with van der Waals surface area (Å²) in [7, 11) is 0. The Hall–Kier alpha value is -6.12. The number of fused-ring (bicyclic) bond motifs is 3. The van der Waals surface area contributed by atoms with Gasteiger partial charge in [0.25, 0.3) is 0 Å². The van der Waals surface area contributed by atoms with Gasteiger partial charge in [-0.05, 0) is 70.8 Å². The minimum absolute atomic E-state index is 0.0522. The summed E-state index contributed by atoms with van der Waals surface area (Å²) in [6.45, 7) is 0. The molecule has 0 radical (unpaired) electrons. The average molecular weight is 595 g/mol. The van der Waals surface area contributed by atoms with Crippen LogP contribution in [0.5, 0.6) is 0 Å². The number of halogens is 4. The highest BCUT2D eigenvalue weighted by atomic mass is 19.1. The maximum absolute atomic E-state index is 15.4. The Bertz CT molecular complexity index is 2100. The van der Waals surface area contributed by atoms with E-state index in [0.717, 1.165) is 34.4 Å². The number of rotatable bonds is 4. The van der Waals surface area contributed by atoms with Crippen LogP contribution in [-0.2, 0) is 5.41 Å². The summed E-state index contributed by atoms with van der Waals surface area (Å²) in [6.07, 6.45) is 0. The van der Waals surface area contributed by atoms with Gasteiger partial charge in [0.05, 0.1) is 22.8 Å². The molecule has 45 heavy (non-hydrogen) atoms. The zero-order valence-corrected chi connectivity index (χ0v) is 23.2. The van der Waals surface area contributed by atoms with E-state index in [2.05, 4.69) is 0 Å². The van der Waals surface area contributed by atoms with Gasteiger partial charge in [-0.1, -0.05) is 60.7 Å². The van der Waals surface area contributed by atoms with Crippen molar-refractivity contribution < 1.29 is 17.6 Å². The molecule has 4 nitrogen and oxygen atoms in total. The van der Waals surface area contributed by atoms with E-state index >= 15 is 8.78 Å². The lowest BCUT2D eigenvalue weighted by molar-refractivity contribution is 0.578. The predicted molar refractivity (Wildman–Crippen MR) is 159 cm³/mol. The van der Waals surface area contributed by atoms with Gasteiger partial charge >= 0.3 is 0 Å². The molecule has 1 aliphatic carbocycles. The van der Waals surface area contributed by atoms with Crippen molar-refractivity contribution in [1.29, 1.82) is 10.5 Å². The number of nitriles is 2. The minimum Gasteiger partial charge on any atom is -0.251 e. The molecule has 0 N–H and O–H groups in total. The second-order valence-electron chi connectivity index (χ2n) is 10.4. The quantitative estimate of drug-likeness (QED) is 0.192. The smallest absolute Gasteiger partial charge is 0.153 e. The first-order valence-electron chi connectivity index (χ1n) is 13.8.